The molecule has 0 saturated heterocycles. The first-order valence-electron chi connectivity index (χ1n) is 2.92. The van der Waals surface area contributed by atoms with Gasteiger partial charge in [0.1, 0.15) is 0 Å². The number of rotatable bonds is 1. The topological polar surface area (TPSA) is 17.8 Å². The second kappa shape index (κ2) is 2.68. The number of aromatic nitrogens is 2. The minimum Gasteiger partial charge on any atom is -0.211 e. The van der Waals surface area contributed by atoms with Gasteiger partial charge in [-0.3, -0.25) is 0 Å². The molecule has 0 amide bonds. The number of hydrogen-bond acceptors (Lipinski definition) is 1. The first-order chi connectivity index (χ1) is 4.20. The van der Waals surface area contributed by atoms with E-state index in [0.717, 1.165) is 5.69 Å². The summed E-state index contributed by atoms with van der Waals surface area (Å²) < 4.78 is 1.80. The molecule has 0 aliphatic rings. The van der Waals surface area contributed by atoms with E-state index in [1.54, 1.807) is 2.90 Å². The van der Waals surface area contributed by atoms with Crippen molar-refractivity contribution < 1.29 is 0 Å². The van der Waals surface area contributed by atoms with Crippen LogP contribution in [0.1, 0.15) is 25.5 Å². The van der Waals surface area contributed by atoms with Crippen LogP contribution in [0.4, 0.5) is 0 Å². The Labute approximate surface area is 68.8 Å². The van der Waals surface area contributed by atoms with Gasteiger partial charge in [-0.1, -0.05) is 13.8 Å². The lowest BCUT2D eigenvalue weighted by Gasteiger charge is -1.95. The van der Waals surface area contributed by atoms with Gasteiger partial charge in [0, 0.05) is 6.20 Å². The standard InChI is InChI=1S/C6H9IN2/c1-5(2)6-3-4-9(7)8-6/h3-5H,1-2H3. The molecule has 0 radical (unpaired) electrons. The summed E-state index contributed by atoms with van der Waals surface area (Å²) in [7, 11) is 0. The molecule has 3 heteroatoms. The van der Waals surface area contributed by atoms with Crippen molar-refractivity contribution >= 4 is 22.9 Å². The van der Waals surface area contributed by atoms with E-state index in [1.807, 2.05) is 12.3 Å². The highest BCUT2D eigenvalue weighted by Crippen LogP contribution is 2.10. The van der Waals surface area contributed by atoms with Crippen molar-refractivity contribution in [2.75, 3.05) is 0 Å². The highest BCUT2D eigenvalue weighted by atomic mass is 127. The van der Waals surface area contributed by atoms with E-state index < -0.39 is 0 Å². The zero-order valence-corrected chi connectivity index (χ0v) is 7.66. The van der Waals surface area contributed by atoms with Crippen LogP contribution in [0.5, 0.6) is 0 Å². The van der Waals surface area contributed by atoms with Crippen LogP contribution in [-0.2, 0) is 0 Å². The Balaban J connectivity index is 2.85. The summed E-state index contributed by atoms with van der Waals surface area (Å²) in [6.07, 6.45) is 1.95. The summed E-state index contributed by atoms with van der Waals surface area (Å²) in [6.45, 7) is 4.28. The minimum absolute atomic E-state index is 0.543. The Hall–Kier alpha value is -0.0600. The van der Waals surface area contributed by atoms with Gasteiger partial charge in [0.05, 0.1) is 28.6 Å². The molecule has 1 heterocycles. The minimum atomic E-state index is 0.543. The average Bonchev–Trinajstić information content (AvgIpc) is 2.14. The molecular formula is C6H9IN2. The molecule has 0 saturated carbocycles. The fraction of sp³-hybridized carbons (Fsp3) is 0.500. The third-order valence-corrected chi connectivity index (χ3v) is 1.71. The zero-order chi connectivity index (χ0) is 6.85. The van der Waals surface area contributed by atoms with Crippen molar-refractivity contribution in [3.05, 3.63) is 18.0 Å². The van der Waals surface area contributed by atoms with E-state index in [-0.39, 0.29) is 0 Å². The molecule has 1 rings (SSSR count). The summed E-state index contributed by atoms with van der Waals surface area (Å²) in [5.41, 5.74) is 1.16. The van der Waals surface area contributed by atoms with Crippen LogP contribution in [0, 0.1) is 0 Å². The summed E-state index contributed by atoms with van der Waals surface area (Å²) in [5.74, 6) is 0.543. The third-order valence-electron chi connectivity index (χ3n) is 1.17. The van der Waals surface area contributed by atoms with Crippen LogP contribution in [0.2, 0.25) is 0 Å². The Morgan fingerprint density at radius 1 is 1.67 bits per heavy atom. The molecule has 2 nitrogen and oxygen atoms in total. The van der Waals surface area contributed by atoms with Crippen molar-refractivity contribution in [1.82, 2.24) is 7.99 Å². The molecule has 0 aromatic carbocycles. The molecule has 0 atom stereocenters. The Bertz CT molecular complexity index is 193. The molecule has 1 aromatic rings. The molecule has 0 spiro atoms. The van der Waals surface area contributed by atoms with Crippen LogP contribution in [-0.4, -0.2) is 7.99 Å². The molecular weight excluding hydrogens is 227 g/mol. The molecule has 0 fully saturated rings. The lowest BCUT2D eigenvalue weighted by atomic mass is 10.1. The molecule has 9 heavy (non-hydrogen) atoms. The smallest absolute Gasteiger partial charge is 0.0843 e. The van der Waals surface area contributed by atoms with Gasteiger partial charge in [-0.2, -0.15) is 5.10 Å². The van der Waals surface area contributed by atoms with Crippen LogP contribution < -0.4 is 0 Å². The van der Waals surface area contributed by atoms with Gasteiger partial charge in [0.25, 0.3) is 0 Å². The SMILES string of the molecule is CC(C)c1ccn(I)n1. The summed E-state index contributed by atoms with van der Waals surface area (Å²) in [5, 5.41) is 4.21. The van der Waals surface area contributed by atoms with Gasteiger partial charge < -0.3 is 0 Å². The van der Waals surface area contributed by atoms with Crippen LogP contribution in [0.15, 0.2) is 12.3 Å². The lowest BCUT2D eigenvalue weighted by Crippen LogP contribution is -1.88. The Morgan fingerprint density at radius 3 is 2.56 bits per heavy atom. The molecule has 50 valence electrons. The summed E-state index contributed by atoms with van der Waals surface area (Å²) >= 11 is 2.14. The molecule has 1 aromatic heterocycles. The number of hydrogen-bond donors (Lipinski definition) is 0. The maximum Gasteiger partial charge on any atom is 0.0843 e. The van der Waals surface area contributed by atoms with Crippen molar-refractivity contribution in [2.45, 2.75) is 19.8 Å². The Morgan fingerprint density at radius 2 is 2.33 bits per heavy atom. The molecule has 0 aliphatic heterocycles. The van der Waals surface area contributed by atoms with E-state index in [2.05, 4.69) is 41.8 Å². The largest absolute Gasteiger partial charge is 0.211 e. The second-order valence-electron chi connectivity index (χ2n) is 2.28. The first-order valence-corrected chi connectivity index (χ1v) is 3.88. The Kier molecular flexibility index (Phi) is 2.10. The number of halogens is 1. The predicted molar refractivity (Wildman–Crippen MR) is 45.7 cm³/mol. The molecule has 0 unspecified atom stereocenters. The van der Waals surface area contributed by atoms with Crippen LogP contribution >= 0.6 is 22.9 Å². The summed E-state index contributed by atoms with van der Waals surface area (Å²) in [6, 6.07) is 2.04. The van der Waals surface area contributed by atoms with Crippen LogP contribution in [0.3, 0.4) is 0 Å². The maximum absolute atomic E-state index is 4.21. The van der Waals surface area contributed by atoms with Crippen molar-refractivity contribution in [3.8, 4) is 0 Å². The second-order valence-corrected chi connectivity index (χ2v) is 3.27. The normalized spacial score (nSPS) is 10.7. The van der Waals surface area contributed by atoms with Gasteiger partial charge in [-0.15, -0.1) is 0 Å². The maximum atomic E-state index is 4.21. The third kappa shape index (κ3) is 1.67. The predicted octanol–water partition coefficient (Wildman–Crippen LogP) is 2.20. The fourth-order valence-electron chi connectivity index (χ4n) is 0.623. The highest BCUT2D eigenvalue weighted by Gasteiger charge is 2.00. The number of nitrogens with zero attached hydrogens (tertiary/aromatic N) is 2. The average molecular weight is 236 g/mol. The molecule has 0 aliphatic carbocycles. The molecule has 0 bridgehead atoms. The van der Waals surface area contributed by atoms with Crippen molar-refractivity contribution in [3.63, 3.8) is 0 Å². The summed E-state index contributed by atoms with van der Waals surface area (Å²) in [4.78, 5) is 0. The van der Waals surface area contributed by atoms with Gasteiger partial charge in [-0.25, -0.2) is 2.90 Å². The van der Waals surface area contributed by atoms with E-state index in [0.29, 0.717) is 5.92 Å². The fourth-order valence-corrected chi connectivity index (χ4v) is 1.03. The van der Waals surface area contributed by atoms with Gasteiger partial charge in [0.2, 0.25) is 0 Å². The van der Waals surface area contributed by atoms with E-state index >= 15 is 0 Å². The van der Waals surface area contributed by atoms with Gasteiger partial charge in [-0.05, 0) is 12.0 Å². The first kappa shape index (κ1) is 7.05. The van der Waals surface area contributed by atoms with E-state index in [9.17, 15) is 0 Å². The lowest BCUT2D eigenvalue weighted by molar-refractivity contribution is 0.806. The van der Waals surface area contributed by atoms with Crippen molar-refractivity contribution in [1.29, 1.82) is 0 Å². The van der Waals surface area contributed by atoms with E-state index in [1.165, 1.54) is 0 Å². The van der Waals surface area contributed by atoms with Gasteiger partial charge in [0.15, 0.2) is 0 Å². The quantitative estimate of drug-likeness (QED) is 0.683. The zero-order valence-electron chi connectivity index (χ0n) is 5.50. The van der Waals surface area contributed by atoms with Crippen LogP contribution in [0.25, 0.3) is 0 Å². The molecule has 0 N–H and O–H groups in total. The van der Waals surface area contributed by atoms with Gasteiger partial charge >= 0.3 is 0 Å². The van der Waals surface area contributed by atoms with Crippen molar-refractivity contribution in [2.24, 2.45) is 0 Å². The van der Waals surface area contributed by atoms with E-state index in [4.69, 9.17) is 0 Å². The highest BCUT2D eigenvalue weighted by molar-refractivity contribution is 14.1. The monoisotopic (exact) mass is 236 g/mol.